The maximum Gasteiger partial charge on any atom is 0.263 e. The summed E-state index contributed by atoms with van der Waals surface area (Å²) in [5, 5.41) is 35.5. The van der Waals surface area contributed by atoms with E-state index in [9.17, 15) is 19.8 Å². The third kappa shape index (κ3) is 8.82. The van der Waals surface area contributed by atoms with E-state index in [-0.39, 0.29) is 30.4 Å². The van der Waals surface area contributed by atoms with Crippen molar-refractivity contribution in [1.82, 2.24) is 30.2 Å². The van der Waals surface area contributed by atoms with Crippen LogP contribution < -0.4 is 29.9 Å². The number of rotatable bonds is 12. The molecule has 2 unspecified atom stereocenters. The SMILES string of the molecule is C[C@@H](CO)NC(=O)C1CN(Cc2ccc(-n3cc(C4CC[C@H](O)[C@@H](NC(=O)[C@H]5CN(Cc6ccc(-n7cccn7)cc6)c6ccccc6O5)C4)cn3)cc2)c2ccccc2O1. The van der Waals surface area contributed by atoms with Crippen LogP contribution in [0.2, 0.25) is 0 Å². The molecule has 2 aliphatic heterocycles. The molecular weight excluding hydrogens is 773 g/mol. The summed E-state index contributed by atoms with van der Waals surface area (Å²) in [4.78, 5) is 31.2. The second-order valence-corrected chi connectivity index (χ2v) is 16.2. The number of carbonyl (C=O) groups is 2. The van der Waals surface area contributed by atoms with E-state index in [1.54, 1.807) is 13.1 Å². The van der Waals surface area contributed by atoms with Gasteiger partial charge in [0.25, 0.3) is 11.8 Å². The molecular formula is C47H50N8O6. The van der Waals surface area contributed by atoms with Crippen molar-refractivity contribution in [2.24, 2.45) is 0 Å². The van der Waals surface area contributed by atoms with E-state index < -0.39 is 24.4 Å². The molecule has 0 spiro atoms. The van der Waals surface area contributed by atoms with Crippen molar-refractivity contribution in [3.05, 3.63) is 145 Å². The minimum atomic E-state index is -0.754. The van der Waals surface area contributed by atoms with E-state index in [0.717, 1.165) is 45.9 Å². The summed E-state index contributed by atoms with van der Waals surface area (Å²) in [5.74, 6) is 0.887. The van der Waals surface area contributed by atoms with Gasteiger partial charge < -0.3 is 40.1 Å². The molecule has 1 aliphatic carbocycles. The van der Waals surface area contributed by atoms with Crippen LogP contribution in [0.15, 0.2) is 128 Å². The molecule has 314 valence electrons. The second kappa shape index (κ2) is 17.5. The lowest BCUT2D eigenvalue weighted by Crippen LogP contribution is -2.54. The van der Waals surface area contributed by atoms with Crippen LogP contribution in [-0.4, -0.2) is 91.7 Å². The standard InChI is InChI=1S/C47H50N8O6/c1-31(30-56)50-46(58)44-28-52(39-7-2-4-9-42(39)60-44)26-33-13-18-37(19-14-33)55-27-35(24-49-55)34-15-20-41(57)38(23-34)51-47(59)45-29-53(40-8-3-5-10-43(40)61-45)25-32-11-16-36(17-12-32)54-22-6-21-48-54/h2-14,16-19,21-22,24,27,31,34,38,41,44-45,56-57H,15,20,23,25-26,28-30H2,1H3,(H,50,58)(H,51,59)/t31-,34?,38-,41-,44?,45+/m0/s1. The Morgan fingerprint density at radius 1 is 0.754 bits per heavy atom. The number of ether oxygens (including phenoxy) is 2. The van der Waals surface area contributed by atoms with E-state index in [1.165, 1.54) is 0 Å². The number of nitrogens with one attached hydrogen (secondary N) is 2. The molecule has 6 atom stereocenters. The van der Waals surface area contributed by atoms with Gasteiger partial charge in [-0.1, -0.05) is 48.5 Å². The number of anilines is 2. The number of aromatic nitrogens is 4. The molecule has 4 aromatic carbocycles. The smallest absolute Gasteiger partial charge is 0.263 e. The molecule has 1 saturated carbocycles. The molecule has 0 bridgehead atoms. The number of aliphatic hydroxyl groups excluding tert-OH is 2. The summed E-state index contributed by atoms with van der Waals surface area (Å²) in [7, 11) is 0. The molecule has 61 heavy (non-hydrogen) atoms. The minimum absolute atomic E-state index is 0.0998. The number of carbonyl (C=O) groups excluding carboxylic acids is 2. The predicted octanol–water partition coefficient (Wildman–Crippen LogP) is 4.90. The van der Waals surface area contributed by atoms with Gasteiger partial charge in [0.15, 0.2) is 12.2 Å². The molecule has 6 aromatic rings. The Morgan fingerprint density at radius 3 is 1.93 bits per heavy atom. The topological polar surface area (TPSA) is 159 Å². The summed E-state index contributed by atoms with van der Waals surface area (Å²) < 4.78 is 16.0. The van der Waals surface area contributed by atoms with Crippen molar-refractivity contribution >= 4 is 23.2 Å². The molecule has 4 N–H and O–H groups in total. The third-order valence-corrected chi connectivity index (χ3v) is 11.8. The number of fused-ring (bicyclic) bond motifs is 2. The fourth-order valence-electron chi connectivity index (χ4n) is 8.52. The van der Waals surface area contributed by atoms with Crippen molar-refractivity contribution in [3.8, 4) is 22.9 Å². The fourth-order valence-corrected chi connectivity index (χ4v) is 8.52. The number of hydrogen-bond acceptors (Lipinski definition) is 10. The summed E-state index contributed by atoms with van der Waals surface area (Å²) in [6, 6.07) is 33.0. The number of para-hydroxylation sites is 4. The van der Waals surface area contributed by atoms with Gasteiger partial charge in [0.1, 0.15) is 11.5 Å². The first-order valence-corrected chi connectivity index (χ1v) is 20.9. The molecule has 14 heteroatoms. The van der Waals surface area contributed by atoms with Crippen molar-refractivity contribution in [1.29, 1.82) is 0 Å². The van der Waals surface area contributed by atoms with Gasteiger partial charge >= 0.3 is 0 Å². The molecule has 14 nitrogen and oxygen atoms in total. The first-order chi connectivity index (χ1) is 29.8. The monoisotopic (exact) mass is 822 g/mol. The molecule has 2 amide bonds. The quantitative estimate of drug-likeness (QED) is 0.134. The average molecular weight is 823 g/mol. The van der Waals surface area contributed by atoms with Crippen LogP contribution >= 0.6 is 0 Å². The van der Waals surface area contributed by atoms with E-state index >= 15 is 0 Å². The second-order valence-electron chi connectivity index (χ2n) is 16.2. The molecule has 4 heterocycles. The maximum atomic E-state index is 13.9. The largest absolute Gasteiger partial charge is 0.477 e. The summed E-state index contributed by atoms with van der Waals surface area (Å²) in [6.45, 7) is 3.50. The Kier molecular flexibility index (Phi) is 11.4. The summed E-state index contributed by atoms with van der Waals surface area (Å²) in [5.41, 5.74) is 6.93. The minimum Gasteiger partial charge on any atom is -0.477 e. The van der Waals surface area contributed by atoms with Gasteiger partial charge in [-0.25, -0.2) is 9.36 Å². The zero-order valence-electron chi connectivity index (χ0n) is 34.0. The van der Waals surface area contributed by atoms with Gasteiger partial charge in [-0.15, -0.1) is 0 Å². The highest BCUT2D eigenvalue weighted by molar-refractivity contribution is 5.84. The van der Waals surface area contributed by atoms with E-state index in [4.69, 9.17) is 14.6 Å². The Bertz CT molecular complexity index is 2440. The van der Waals surface area contributed by atoms with Gasteiger partial charge in [0, 0.05) is 37.7 Å². The van der Waals surface area contributed by atoms with Gasteiger partial charge in [-0.05, 0) is 103 Å². The van der Waals surface area contributed by atoms with Crippen LogP contribution in [0.25, 0.3) is 11.4 Å². The molecule has 3 aliphatic rings. The Balaban J connectivity index is 0.827. The lowest BCUT2D eigenvalue weighted by molar-refractivity contribution is -0.130. The lowest BCUT2D eigenvalue weighted by atomic mass is 9.81. The van der Waals surface area contributed by atoms with Crippen molar-refractivity contribution in [2.45, 2.75) is 75.6 Å². The first-order valence-electron chi connectivity index (χ1n) is 20.9. The Hall–Kier alpha value is -6.64. The van der Waals surface area contributed by atoms with Crippen molar-refractivity contribution in [3.63, 3.8) is 0 Å². The first kappa shape index (κ1) is 39.8. The Morgan fingerprint density at radius 2 is 1.34 bits per heavy atom. The predicted molar refractivity (Wildman–Crippen MR) is 230 cm³/mol. The van der Waals surface area contributed by atoms with Gasteiger partial charge in [0.2, 0.25) is 0 Å². The maximum absolute atomic E-state index is 13.9. The van der Waals surface area contributed by atoms with Crippen LogP contribution in [-0.2, 0) is 22.7 Å². The summed E-state index contributed by atoms with van der Waals surface area (Å²) in [6.07, 6.45) is 7.34. The van der Waals surface area contributed by atoms with Crippen LogP contribution in [0.4, 0.5) is 11.4 Å². The number of benzene rings is 4. The Labute approximate surface area is 354 Å². The van der Waals surface area contributed by atoms with Crippen molar-refractivity contribution in [2.75, 3.05) is 29.5 Å². The van der Waals surface area contributed by atoms with Gasteiger partial charge in [0.05, 0.1) is 60.8 Å². The fraction of sp³-hybridized carbons (Fsp3) is 0.319. The van der Waals surface area contributed by atoms with Crippen LogP contribution in [0.3, 0.4) is 0 Å². The van der Waals surface area contributed by atoms with Crippen LogP contribution in [0, 0.1) is 0 Å². The highest BCUT2D eigenvalue weighted by Gasteiger charge is 2.37. The van der Waals surface area contributed by atoms with Crippen LogP contribution in [0.1, 0.15) is 48.8 Å². The summed E-state index contributed by atoms with van der Waals surface area (Å²) >= 11 is 0. The number of amides is 2. The van der Waals surface area contributed by atoms with Crippen LogP contribution in [0.5, 0.6) is 11.5 Å². The average Bonchev–Trinajstić information content (AvgIpc) is 4.02. The van der Waals surface area contributed by atoms with E-state index in [0.29, 0.717) is 50.5 Å². The molecule has 1 fully saturated rings. The number of nitrogens with zero attached hydrogens (tertiary/aromatic N) is 6. The molecule has 0 radical (unpaired) electrons. The normalized spacial score (nSPS) is 21.3. The van der Waals surface area contributed by atoms with E-state index in [1.807, 2.05) is 107 Å². The lowest BCUT2D eigenvalue weighted by Gasteiger charge is -2.38. The van der Waals surface area contributed by atoms with Gasteiger partial charge in [-0.2, -0.15) is 10.2 Å². The highest BCUT2D eigenvalue weighted by Crippen LogP contribution is 2.37. The highest BCUT2D eigenvalue weighted by atomic mass is 16.5. The van der Waals surface area contributed by atoms with Gasteiger partial charge in [-0.3, -0.25) is 9.59 Å². The molecule has 0 saturated heterocycles. The molecule has 9 rings (SSSR count). The zero-order chi connectivity index (χ0) is 41.9. The number of aliphatic hydroxyl groups is 2. The number of hydrogen-bond donors (Lipinski definition) is 4. The van der Waals surface area contributed by atoms with Crippen molar-refractivity contribution < 1.29 is 29.3 Å². The van der Waals surface area contributed by atoms with E-state index in [2.05, 4.69) is 49.8 Å². The zero-order valence-corrected chi connectivity index (χ0v) is 34.0. The molecule has 2 aromatic heterocycles. The third-order valence-electron chi connectivity index (χ3n) is 11.8.